The maximum atomic E-state index is 8.96. The molecule has 3 nitrogen and oxygen atoms in total. The number of unbranched alkanes of at least 4 members (excludes halogenated alkanes) is 1. The number of hydrogen-bond donors (Lipinski definition) is 2. The average Bonchev–Trinajstić information content (AvgIpc) is 2.46. The normalized spacial score (nSPS) is 12.6. The zero-order valence-corrected chi connectivity index (χ0v) is 10.8. The van der Waals surface area contributed by atoms with Crippen LogP contribution in [0.15, 0.2) is 48.5 Å². The number of hydrogen-bond acceptors (Lipinski definition) is 3. The molecule has 2 aromatic rings. The molecule has 0 atom stereocenters. The fraction of sp³-hybridized carbons (Fsp3) is 0.250. The molecular formula is C16H18N2O. The number of nitrogens with one attached hydrogen (secondary N) is 1. The Morgan fingerprint density at radius 1 is 0.842 bits per heavy atom. The highest BCUT2D eigenvalue weighted by Crippen LogP contribution is 2.43. The van der Waals surface area contributed by atoms with Crippen LogP contribution in [0.3, 0.4) is 0 Å². The lowest BCUT2D eigenvalue weighted by atomic mass is 10.1. The van der Waals surface area contributed by atoms with Crippen LogP contribution in [0.1, 0.15) is 12.8 Å². The molecule has 0 amide bonds. The standard InChI is InChI=1S/C16H18N2O/c19-12-6-5-11-18-15-9-3-1-7-13(15)17-14-8-2-4-10-16(14)18/h1-4,7-10,17,19H,5-6,11-12H2. The van der Waals surface area contributed by atoms with Gasteiger partial charge in [-0.3, -0.25) is 0 Å². The third-order valence-electron chi connectivity index (χ3n) is 3.45. The van der Waals surface area contributed by atoms with Crippen molar-refractivity contribution in [1.82, 2.24) is 0 Å². The number of fused-ring (bicyclic) bond motifs is 2. The molecule has 0 aromatic heterocycles. The minimum atomic E-state index is 0.259. The number of aliphatic hydroxyl groups excluding tert-OH is 1. The van der Waals surface area contributed by atoms with Gasteiger partial charge in [0, 0.05) is 13.2 Å². The van der Waals surface area contributed by atoms with Gasteiger partial charge in [0.15, 0.2) is 0 Å². The quantitative estimate of drug-likeness (QED) is 0.817. The van der Waals surface area contributed by atoms with Crippen LogP contribution in [0.4, 0.5) is 22.7 Å². The Balaban J connectivity index is 1.96. The highest BCUT2D eigenvalue weighted by atomic mass is 16.2. The van der Waals surface area contributed by atoms with Crippen molar-refractivity contribution in [2.45, 2.75) is 12.8 Å². The van der Waals surface area contributed by atoms with Gasteiger partial charge in [0.1, 0.15) is 0 Å². The zero-order valence-electron chi connectivity index (χ0n) is 10.8. The molecule has 0 fully saturated rings. The van der Waals surface area contributed by atoms with E-state index in [2.05, 4.69) is 46.6 Å². The van der Waals surface area contributed by atoms with Crippen LogP contribution in [-0.4, -0.2) is 18.3 Å². The molecular weight excluding hydrogens is 236 g/mol. The van der Waals surface area contributed by atoms with Crippen molar-refractivity contribution in [3.05, 3.63) is 48.5 Å². The molecule has 0 spiro atoms. The van der Waals surface area contributed by atoms with Gasteiger partial charge in [0.05, 0.1) is 22.7 Å². The van der Waals surface area contributed by atoms with Gasteiger partial charge in [-0.15, -0.1) is 0 Å². The van der Waals surface area contributed by atoms with E-state index in [0.29, 0.717) is 0 Å². The molecule has 1 aliphatic heterocycles. The summed E-state index contributed by atoms with van der Waals surface area (Å²) in [5.41, 5.74) is 4.70. The van der Waals surface area contributed by atoms with Crippen LogP contribution in [0.25, 0.3) is 0 Å². The van der Waals surface area contributed by atoms with E-state index in [9.17, 15) is 0 Å². The summed E-state index contributed by atoms with van der Waals surface area (Å²) in [6, 6.07) is 16.7. The van der Waals surface area contributed by atoms with Crippen LogP contribution < -0.4 is 10.2 Å². The Hall–Kier alpha value is -2.00. The lowest BCUT2D eigenvalue weighted by molar-refractivity contribution is 0.285. The Bertz CT molecular complexity index is 523. The number of rotatable bonds is 4. The molecule has 0 saturated heterocycles. The van der Waals surface area contributed by atoms with E-state index in [4.69, 9.17) is 5.11 Å². The number of nitrogens with zero attached hydrogens (tertiary/aromatic N) is 1. The highest BCUT2D eigenvalue weighted by molar-refractivity contribution is 5.91. The molecule has 0 bridgehead atoms. The number of aliphatic hydroxyl groups is 1. The van der Waals surface area contributed by atoms with Crippen molar-refractivity contribution in [3.63, 3.8) is 0 Å². The summed E-state index contributed by atoms with van der Waals surface area (Å²) in [7, 11) is 0. The average molecular weight is 254 g/mol. The predicted molar refractivity (Wildman–Crippen MR) is 79.5 cm³/mol. The topological polar surface area (TPSA) is 35.5 Å². The maximum absolute atomic E-state index is 8.96. The highest BCUT2D eigenvalue weighted by Gasteiger charge is 2.20. The van der Waals surface area contributed by atoms with Gasteiger partial charge in [-0.2, -0.15) is 0 Å². The van der Waals surface area contributed by atoms with Crippen molar-refractivity contribution >= 4 is 22.7 Å². The van der Waals surface area contributed by atoms with Crippen molar-refractivity contribution in [3.8, 4) is 0 Å². The first-order chi connectivity index (χ1) is 9.40. The molecule has 1 aliphatic rings. The molecule has 1 heterocycles. The molecule has 2 aromatic carbocycles. The Kier molecular flexibility index (Phi) is 3.38. The smallest absolute Gasteiger partial charge is 0.0650 e. The van der Waals surface area contributed by atoms with Crippen molar-refractivity contribution in [2.75, 3.05) is 23.4 Å². The third kappa shape index (κ3) is 2.29. The predicted octanol–water partition coefficient (Wildman–Crippen LogP) is 3.65. The number of para-hydroxylation sites is 4. The molecule has 0 radical (unpaired) electrons. The Labute approximate surface area is 113 Å². The lowest BCUT2D eigenvalue weighted by Gasteiger charge is -2.33. The summed E-state index contributed by atoms with van der Waals surface area (Å²) in [5.74, 6) is 0. The van der Waals surface area contributed by atoms with E-state index in [-0.39, 0.29) is 6.61 Å². The fourth-order valence-electron chi connectivity index (χ4n) is 2.53. The van der Waals surface area contributed by atoms with E-state index in [1.54, 1.807) is 0 Å². The molecule has 0 unspecified atom stereocenters. The van der Waals surface area contributed by atoms with Gasteiger partial charge < -0.3 is 15.3 Å². The van der Waals surface area contributed by atoms with Crippen LogP contribution in [-0.2, 0) is 0 Å². The van der Waals surface area contributed by atoms with Crippen LogP contribution in [0.5, 0.6) is 0 Å². The molecule has 19 heavy (non-hydrogen) atoms. The van der Waals surface area contributed by atoms with E-state index < -0.39 is 0 Å². The molecule has 3 rings (SSSR count). The van der Waals surface area contributed by atoms with Crippen LogP contribution in [0.2, 0.25) is 0 Å². The SMILES string of the molecule is OCCCCN1c2ccccc2Nc2ccccc21. The van der Waals surface area contributed by atoms with Gasteiger partial charge >= 0.3 is 0 Å². The second-order valence-electron chi connectivity index (χ2n) is 4.74. The van der Waals surface area contributed by atoms with Gasteiger partial charge in [-0.25, -0.2) is 0 Å². The molecule has 2 N–H and O–H groups in total. The van der Waals surface area contributed by atoms with Gasteiger partial charge in [0.25, 0.3) is 0 Å². The summed E-state index contributed by atoms with van der Waals surface area (Å²) in [6.07, 6.45) is 1.83. The summed E-state index contributed by atoms with van der Waals surface area (Å²) in [6.45, 7) is 1.19. The van der Waals surface area contributed by atoms with Gasteiger partial charge in [-0.05, 0) is 37.1 Å². The summed E-state index contributed by atoms with van der Waals surface area (Å²) >= 11 is 0. The Morgan fingerprint density at radius 3 is 2.00 bits per heavy atom. The Morgan fingerprint density at radius 2 is 1.42 bits per heavy atom. The van der Waals surface area contributed by atoms with Crippen LogP contribution in [0, 0.1) is 0 Å². The van der Waals surface area contributed by atoms with Gasteiger partial charge in [0.2, 0.25) is 0 Å². The molecule has 0 aliphatic carbocycles. The third-order valence-corrected chi connectivity index (χ3v) is 3.45. The first-order valence-corrected chi connectivity index (χ1v) is 6.73. The molecule has 0 saturated carbocycles. The number of benzene rings is 2. The van der Waals surface area contributed by atoms with E-state index in [0.717, 1.165) is 30.8 Å². The minimum absolute atomic E-state index is 0.259. The summed E-state index contributed by atoms with van der Waals surface area (Å²) in [5, 5.41) is 12.4. The van der Waals surface area contributed by atoms with E-state index in [1.807, 2.05) is 12.1 Å². The van der Waals surface area contributed by atoms with Crippen LogP contribution >= 0.6 is 0 Å². The molecule has 98 valence electrons. The first kappa shape index (κ1) is 12.1. The van der Waals surface area contributed by atoms with Crippen molar-refractivity contribution in [2.24, 2.45) is 0 Å². The summed E-state index contributed by atoms with van der Waals surface area (Å²) in [4.78, 5) is 2.33. The monoisotopic (exact) mass is 254 g/mol. The summed E-state index contributed by atoms with van der Waals surface area (Å²) < 4.78 is 0. The van der Waals surface area contributed by atoms with Gasteiger partial charge in [-0.1, -0.05) is 24.3 Å². The zero-order chi connectivity index (χ0) is 13.1. The lowest BCUT2D eigenvalue weighted by Crippen LogP contribution is -2.23. The van der Waals surface area contributed by atoms with E-state index in [1.165, 1.54) is 11.4 Å². The van der Waals surface area contributed by atoms with Crippen molar-refractivity contribution in [1.29, 1.82) is 0 Å². The van der Waals surface area contributed by atoms with Crippen molar-refractivity contribution < 1.29 is 5.11 Å². The first-order valence-electron chi connectivity index (χ1n) is 6.73. The molecule has 3 heteroatoms. The fourth-order valence-corrected chi connectivity index (χ4v) is 2.53. The number of anilines is 4. The maximum Gasteiger partial charge on any atom is 0.0650 e. The van der Waals surface area contributed by atoms with E-state index >= 15 is 0 Å². The largest absolute Gasteiger partial charge is 0.396 e. The second-order valence-corrected chi connectivity index (χ2v) is 4.74. The second kappa shape index (κ2) is 5.33. The minimum Gasteiger partial charge on any atom is -0.396 e.